The molecule has 5 rings (SSSR count). The zero-order valence-electron chi connectivity index (χ0n) is 16.8. The van der Waals surface area contributed by atoms with Gasteiger partial charge in [0.1, 0.15) is 11.6 Å². The predicted octanol–water partition coefficient (Wildman–Crippen LogP) is 2.14. The number of nitrogens with zero attached hydrogens (tertiary/aromatic N) is 4. The number of methoxy groups -OCH3 is 1. The molecule has 0 spiro atoms. The Morgan fingerprint density at radius 1 is 1.10 bits per heavy atom. The van der Waals surface area contributed by atoms with Crippen LogP contribution < -0.4 is 15.6 Å². The fourth-order valence-corrected chi connectivity index (χ4v) is 3.98. The molecule has 0 saturated carbocycles. The fourth-order valence-electron chi connectivity index (χ4n) is 3.98. The molecule has 4 heterocycles. The lowest BCUT2D eigenvalue weighted by Crippen LogP contribution is -2.25. The Balaban J connectivity index is 1.62. The molecule has 1 atom stereocenters. The molecule has 1 aliphatic heterocycles. The summed E-state index contributed by atoms with van der Waals surface area (Å²) in [5, 5.41) is 21.3. The summed E-state index contributed by atoms with van der Waals surface area (Å²) >= 11 is 0. The Hall–Kier alpha value is -4.21. The van der Waals surface area contributed by atoms with Gasteiger partial charge in [-0.25, -0.2) is 5.10 Å². The maximum absolute atomic E-state index is 12.6. The van der Waals surface area contributed by atoms with Crippen LogP contribution in [0.5, 0.6) is 5.75 Å². The van der Waals surface area contributed by atoms with Gasteiger partial charge in [0.15, 0.2) is 5.82 Å². The molecule has 0 unspecified atom stereocenters. The number of aromatic nitrogens is 6. The van der Waals surface area contributed by atoms with Gasteiger partial charge in [-0.15, -0.1) is 0 Å². The highest BCUT2D eigenvalue weighted by atomic mass is 16.5. The SMILES string of the molecule is COc1ccc(-c2[nH]ncc2[C@H]2CC(=O)Nc3c2c(C)nn3-c2ccc(=O)[nH]n2)cc1. The third-order valence-electron chi connectivity index (χ3n) is 5.41. The van der Waals surface area contributed by atoms with E-state index >= 15 is 0 Å². The summed E-state index contributed by atoms with van der Waals surface area (Å²) < 4.78 is 6.78. The summed E-state index contributed by atoms with van der Waals surface area (Å²) in [5.41, 5.74) is 4.01. The van der Waals surface area contributed by atoms with Crippen molar-refractivity contribution in [3.63, 3.8) is 0 Å². The quantitative estimate of drug-likeness (QED) is 0.466. The highest BCUT2D eigenvalue weighted by Gasteiger charge is 2.35. The van der Waals surface area contributed by atoms with Crippen LogP contribution in [0.15, 0.2) is 47.4 Å². The van der Waals surface area contributed by atoms with E-state index in [4.69, 9.17) is 4.74 Å². The summed E-state index contributed by atoms with van der Waals surface area (Å²) in [4.78, 5) is 24.0. The Labute approximate surface area is 176 Å². The number of nitrogens with one attached hydrogen (secondary N) is 3. The van der Waals surface area contributed by atoms with Crippen molar-refractivity contribution in [2.45, 2.75) is 19.3 Å². The van der Waals surface area contributed by atoms with Gasteiger partial charge in [0.25, 0.3) is 5.56 Å². The molecule has 0 bridgehead atoms. The second-order valence-electron chi connectivity index (χ2n) is 7.27. The third-order valence-corrected chi connectivity index (χ3v) is 5.41. The van der Waals surface area contributed by atoms with E-state index in [2.05, 4.69) is 30.8 Å². The standard InChI is InChI=1S/C21H19N7O3/c1-11-19-14(15-10-22-26-20(15)12-3-5-13(31-2)6-4-12)9-18(30)23-21(19)28(27-11)16-7-8-17(29)25-24-16/h3-8,10,14H,9H2,1-2H3,(H,22,26)(H,23,30)(H,25,29)/t14-/m1/s1. The van der Waals surface area contributed by atoms with Gasteiger partial charge in [-0.2, -0.15) is 20.0 Å². The maximum atomic E-state index is 12.6. The Kier molecular flexibility index (Phi) is 4.39. The number of aromatic amines is 2. The molecule has 1 aliphatic rings. The van der Waals surface area contributed by atoms with Crippen molar-refractivity contribution in [1.82, 2.24) is 30.2 Å². The summed E-state index contributed by atoms with van der Waals surface area (Å²) in [6.07, 6.45) is 2.02. The van der Waals surface area contributed by atoms with Crippen LogP contribution in [0, 0.1) is 6.92 Å². The second-order valence-corrected chi connectivity index (χ2v) is 7.27. The van der Waals surface area contributed by atoms with Crippen molar-refractivity contribution in [2.24, 2.45) is 0 Å². The minimum absolute atomic E-state index is 0.134. The molecule has 156 valence electrons. The molecule has 0 saturated heterocycles. The molecule has 10 heteroatoms. The number of hydrogen-bond donors (Lipinski definition) is 3. The number of fused-ring (bicyclic) bond motifs is 1. The average Bonchev–Trinajstić information content (AvgIpc) is 3.39. The molecular weight excluding hydrogens is 398 g/mol. The van der Waals surface area contributed by atoms with Crippen LogP contribution in [0.3, 0.4) is 0 Å². The Morgan fingerprint density at radius 2 is 1.90 bits per heavy atom. The zero-order chi connectivity index (χ0) is 21.5. The first-order valence-electron chi connectivity index (χ1n) is 9.68. The predicted molar refractivity (Wildman–Crippen MR) is 112 cm³/mol. The van der Waals surface area contributed by atoms with Crippen molar-refractivity contribution < 1.29 is 9.53 Å². The molecule has 0 radical (unpaired) electrons. The normalized spacial score (nSPS) is 15.4. The first kappa shape index (κ1) is 18.8. The van der Waals surface area contributed by atoms with Gasteiger partial charge >= 0.3 is 0 Å². The van der Waals surface area contributed by atoms with E-state index in [0.29, 0.717) is 11.6 Å². The first-order chi connectivity index (χ1) is 15.0. The first-order valence-corrected chi connectivity index (χ1v) is 9.68. The number of aryl methyl sites for hydroxylation is 1. The maximum Gasteiger partial charge on any atom is 0.264 e. The van der Waals surface area contributed by atoms with Crippen molar-refractivity contribution in [3.8, 4) is 22.8 Å². The summed E-state index contributed by atoms with van der Waals surface area (Å²) in [6, 6.07) is 10.6. The molecule has 10 nitrogen and oxygen atoms in total. The Morgan fingerprint density at radius 3 is 2.61 bits per heavy atom. The second kappa shape index (κ2) is 7.24. The van der Waals surface area contributed by atoms with Crippen molar-refractivity contribution >= 4 is 11.7 Å². The van der Waals surface area contributed by atoms with E-state index in [1.807, 2.05) is 31.2 Å². The molecule has 31 heavy (non-hydrogen) atoms. The van der Waals surface area contributed by atoms with Gasteiger partial charge < -0.3 is 10.1 Å². The third kappa shape index (κ3) is 3.18. The number of anilines is 1. The number of hydrogen-bond acceptors (Lipinski definition) is 6. The van der Waals surface area contributed by atoms with Gasteiger partial charge in [0, 0.05) is 35.1 Å². The van der Waals surface area contributed by atoms with Gasteiger partial charge in [0.05, 0.1) is 24.7 Å². The smallest absolute Gasteiger partial charge is 0.264 e. The zero-order valence-corrected chi connectivity index (χ0v) is 16.8. The molecule has 4 aromatic rings. The van der Waals surface area contributed by atoms with Crippen molar-refractivity contribution in [1.29, 1.82) is 0 Å². The van der Waals surface area contributed by atoms with Gasteiger partial charge in [-0.3, -0.25) is 14.7 Å². The molecule has 3 aromatic heterocycles. The van der Waals surface area contributed by atoms with E-state index in [9.17, 15) is 9.59 Å². The molecule has 3 N–H and O–H groups in total. The minimum atomic E-state index is -0.314. The summed E-state index contributed by atoms with van der Waals surface area (Å²) in [6.45, 7) is 1.89. The van der Waals surface area contributed by atoms with E-state index in [1.54, 1.807) is 19.4 Å². The van der Waals surface area contributed by atoms with Crippen molar-refractivity contribution in [3.05, 3.63) is 69.8 Å². The molecule has 1 amide bonds. The lowest BCUT2D eigenvalue weighted by atomic mass is 9.85. The summed E-state index contributed by atoms with van der Waals surface area (Å²) in [7, 11) is 1.62. The van der Waals surface area contributed by atoms with Crippen LogP contribution in [0.2, 0.25) is 0 Å². The number of rotatable bonds is 4. The van der Waals surface area contributed by atoms with Gasteiger partial charge in [-0.05, 0) is 37.3 Å². The monoisotopic (exact) mass is 417 g/mol. The van der Waals surface area contributed by atoms with Crippen LogP contribution in [0.1, 0.15) is 29.2 Å². The van der Waals surface area contributed by atoms with Crippen LogP contribution in [0.25, 0.3) is 17.1 Å². The van der Waals surface area contributed by atoms with E-state index < -0.39 is 0 Å². The van der Waals surface area contributed by atoms with Crippen LogP contribution in [0.4, 0.5) is 5.82 Å². The van der Waals surface area contributed by atoms with Gasteiger partial charge in [-0.1, -0.05) is 0 Å². The average molecular weight is 417 g/mol. The van der Waals surface area contributed by atoms with Crippen LogP contribution in [-0.4, -0.2) is 43.2 Å². The van der Waals surface area contributed by atoms with Crippen LogP contribution >= 0.6 is 0 Å². The molecular formula is C21H19N7O3. The number of benzene rings is 1. The number of H-pyrrole nitrogens is 2. The molecule has 1 aromatic carbocycles. The number of carbonyl (C=O) groups excluding carboxylic acids is 1. The van der Waals surface area contributed by atoms with Crippen LogP contribution in [-0.2, 0) is 4.79 Å². The number of ether oxygens (including phenoxy) is 1. The highest BCUT2D eigenvalue weighted by Crippen LogP contribution is 2.42. The highest BCUT2D eigenvalue weighted by molar-refractivity contribution is 5.95. The van der Waals surface area contributed by atoms with E-state index in [1.165, 1.54) is 10.7 Å². The van der Waals surface area contributed by atoms with E-state index in [0.717, 1.165) is 33.8 Å². The fraction of sp³-hybridized carbons (Fsp3) is 0.190. The lowest BCUT2D eigenvalue weighted by Gasteiger charge is -2.24. The lowest BCUT2D eigenvalue weighted by molar-refractivity contribution is -0.116. The largest absolute Gasteiger partial charge is 0.497 e. The molecule has 0 fully saturated rings. The summed E-state index contributed by atoms with van der Waals surface area (Å²) in [5.74, 6) is 1.34. The van der Waals surface area contributed by atoms with E-state index in [-0.39, 0.29) is 23.8 Å². The van der Waals surface area contributed by atoms with Gasteiger partial charge in [0.2, 0.25) is 5.91 Å². The minimum Gasteiger partial charge on any atom is -0.497 e. The topological polar surface area (TPSA) is 131 Å². The Bertz CT molecular complexity index is 1310. The number of amides is 1. The molecule has 0 aliphatic carbocycles. The number of carbonyl (C=O) groups is 1. The van der Waals surface area contributed by atoms with Crippen molar-refractivity contribution in [2.75, 3.05) is 12.4 Å².